The molecule has 0 aromatic heterocycles. The number of carbonyl (C=O) groups is 1. The Bertz CT molecular complexity index is 948. The van der Waals surface area contributed by atoms with E-state index in [1.165, 1.54) is 6.92 Å². The Morgan fingerprint density at radius 2 is 1.45 bits per heavy atom. The Labute approximate surface area is 255 Å². The number of esters is 1. The van der Waals surface area contributed by atoms with E-state index >= 15 is 0 Å². The first-order valence-electron chi connectivity index (χ1n) is 15.7. The van der Waals surface area contributed by atoms with Crippen molar-refractivity contribution in [1.82, 2.24) is 0 Å². The van der Waals surface area contributed by atoms with Gasteiger partial charge in [-0.15, -0.1) is 0 Å². The summed E-state index contributed by atoms with van der Waals surface area (Å²) in [5, 5.41) is 84.0. The van der Waals surface area contributed by atoms with Crippen molar-refractivity contribution in [2.45, 2.75) is 157 Å². The van der Waals surface area contributed by atoms with Crippen molar-refractivity contribution in [2.24, 2.45) is 11.8 Å². The van der Waals surface area contributed by atoms with Crippen LogP contribution in [-0.2, 0) is 33.2 Å². The van der Waals surface area contributed by atoms with E-state index in [0.29, 0.717) is 38.5 Å². The van der Waals surface area contributed by atoms with Gasteiger partial charge in [-0.1, -0.05) is 0 Å². The average molecular weight is 637 g/mol. The Morgan fingerprint density at radius 1 is 0.750 bits per heavy atom. The summed E-state index contributed by atoms with van der Waals surface area (Å²) >= 11 is 0. The largest absolute Gasteiger partial charge is 0.454 e. The van der Waals surface area contributed by atoms with Gasteiger partial charge in [0.2, 0.25) is 0 Å². The van der Waals surface area contributed by atoms with Crippen LogP contribution >= 0.6 is 0 Å². The molecule has 254 valence electrons. The summed E-state index contributed by atoms with van der Waals surface area (Å²) in [5.41, 5.74) is 0. The number of hydrogen-bond donors (Lipinski definition) is 8. The van der Waals surface area contributed by atoms with Crippen molar-refractivity contribution in [3.63, 3.8) is 0 Å². The second-order valence-corrected chi connectivity index (χ2v) is 13.1. The molecule has 6 unspecified atom stereocenters. The molecule has 2 saturated carbocycles. The van der Waals surface area contributed by atoms with Gasteiger partial charge in [0, 0.05) is 12.8 Å². The number of ether oxygens (including phenoxy) is 6. The first kappa shape index (κ1) is 34.3. The molecule has 5 aliphatic rings. The van der Waals surface area contributed by atoms with Gasteiger partial charge in [-0.3, -0.25) is 4.79 Å². The first-order valence-corrected chi connectivity index (χ1v) is 15.7. The second-order valence-electron chi connectivity index (χ2n) is 13.1. The molecule has 0 amide bonds. The molecular formula is C29H48O15. The lowest BCUT2D eigenvalue weighted by Gasteiger charge is -2.51. The third kappa shape index (κ3) is 7.40. The van der Waals surface area contributed by atoms with Crippen LogP contribution in [0.5, 0.6) is 0 Å². The maximum absolute atomic E-state index is 11.6. The van der Waals surface area contributed by atoms with Gasteiger partial charge >= 0.3 is 5.97 Å². The van der Waals surface area contributed by atoms with Gasteiger partial charge < -0.3 is 69.3 Å². The minimum atomic E-state index is -1.69. The fraction of sp³-hybridized carbons (Fsp3) is 0.966. The van der Waals surface area contributed by atoms with Gasteiger partial charge in [-0.05, 0) is 57.8 Å². The third-order valence-electron chi connectivity index (χ3n) is 9.89. The van der Waals surface area contributed by atoms with E-state index in [-0.39, 0.29) is 18.3 Å². The number of aliphatic hydroxyl groups excluding tert-OH is 8. The maximum atomic E-state index is 11.6. The molecule has 2 aliphatic carbocycles. The SMILES string of the molecule is CC(=O)O[C@H]1[C@H](OC[C@H]2O[C@@H](OC3CC4C(O)CC(O)CC4OC3C3CCC(O)CC3)[C@H](O)[C@@H](O)[C@@H]2O)O[C@@H](C)[C@H](O)[C@H]1O. The van der Waals surface area contributed by atoms with Crippen LogP contribution in [-0.4, -0.2) is 151 Å². The van der Waals surface area contributed by atoms with Crippen molar-refractivity contribution >= 4 is 5.97 Å². The molecule has 5 fully saturated rings. The normalized spacial score (nSPS) is 51.8. The summed E-state index contributed by atoms with van der Waals surface area (Å²) in [6.07, 6.45) is -14.2. The van der Waals surface area contributed by atoms with Gasteiger partial charge in [-0.25, -0.2) is 0 Å². The molecule has 0 spiro atoms. The monoisotopic (exact) mass is 636 g/mol. The number of aliphatic hydroxyl groups is 8. The summed E-state index contributed by atoms with van der Waals surface area (Å²) in [6, 6.07) is 0. The van der Waals surface area contributed by atoms with Gasteiger partial charge in [0.1, 0.15) is 36.6 Å². The fourth-order valence-corrected chi connectivity index (χ4v) is 7.36. The fourth-order valence-electron chi connectivity index (χ4n) is 7.36. The molecular weight excluding hydrogens is 588 g/mol. The Balaban J connectivity index is 1.29. The number of fused-ring (bicyclic) bond motifs is 1. The van der Waals surface area contributed by atoms with Gasteiger partial charge in [0.05, 0.1) is 49.3 Å². The zero-order valence-corrected chi connectivity index (χ0v) is 25.0. The smallest absolute Gasteiger partial charge is 0.303 e. The minimum absolute atomic E-state index is 0.00127. The molecule has 0 aromatic rings. The van der Waals surface area contributed by atoms with E-state index in [1.807, 2.05) is 0 Å². The molecule has 0 bridgehead atoms. The van der Waals surface area contributed by atoms with E-state index < -0.39 is 111 Å². The predicted molar refractivity (Wildman–Crippen MR) is 145 cm³/mol. The number of rotatable bonds is 7. The zero-order valence-electron chi connectivity index (χ0n) is 25.0. The molecule has 5 rings (SSSR count). The Morgan fingerprint density at radius 3 is 2.14 bits per heavy atom. The molecule has 0 aromatic carbocycles. The predicted octanol–water partition coefficient (Wildman–Crippen LogP) is -2.57. The van der Waals surface area contributed by atoms with E-state index in [2.05, 4.69) is 0 Å². The van der Waals surface area contributed by atoms with E-state index in [1.54, 1.807) is 0 Å². The maximum Gasteiger partial charge on any atom is 0.303 e. The number of hydrogen-bond acceptors (Lipinski definition) is 15. The van der Waals surface area contributed by atoms with Crippen LogP contribution in [0.4, 0.5) is 0 Å². The first-order chi connectivity index (χ1) is 20.8. The van der Waals surface area contributed by atoms with Crippen LogP contribution in [0.25, 0.3) is 0 Å². The molecule has 3 heterocycles. The van der Waals surface area contributed by atoms with Crippen molar-refractivity contribution in [3.8, 4) is 0 Å². The highest BCUT2D eigenvalue weighted by Gasteiger charge is 2.52. The summed E-state index contributed by atoms with van der Waals surface area (Å²) < 4.78 is 35.1. The van der Waals surface area contributed by atoms with Crippen LogP contribution in [0.15, 0.2) is 0 Å². The zero-order chi connectivity index (χ0) is 31.9. The standard InChI is InChI=1S/C29H48O15/c1-11-21(34)24(37)27(41-12(2)30)29(40-11)39-10-20-22(35)23(36)25(38)28(44-20)43-19-9-16-17(33)7-15(32)8-18(16)42-26(19)13-3-5-14(31)6-4-13/h11,13-29,31-38H,3-10H2,1-2H3/t11-,13?,14?,15?,16?,17?,18?,19?,20+,21-,22+,23-,24+,25+,26?,27+,28+,29+/m0/s1. The minimum Gasteiger partial charge on any atom is -0.454 e. The van der Waals surface area contributed by atoms with Gasteiger partial charge in [0.25, 0.3) is 0 Å². The van der Waals surface area contributed by atoms with E-state index in [9.17, 15) is 45.6 Å². The van der Waals surface area contributed by atoms with Crippen LogP contribution in [0.2, 0.25) is 0 Å². The van der Waals surface area contributed by atoms with Gasteiger partial charge in [0.15, 0.2) is 18.7 Å². The Kier molecular flexibility index (Phi) is 11.2. The van der Waals surface area contributed by atoms with Crippen LogP contribution in [0.3, 0.4) is 0 Å². The Hall–Kier alpha value is -1.05. The topological polar surface area (TPSA) is 234 Å². The highest BCUT2D eigenvalue weighted by molar-refractivity contribution is 5.66. The highest BCUT2D eigenvalue weighted by Crippen LogP contribution is 2.43. The molecule has 0 radical (unpaired) electrons. The number of carbonyl (C=O) groups excluding carboxylic acids is 1. The highest BCUT2D eigenvalue weighted by atomic mass is 16.7. The van der Waals surface area contributed by atoms with Crippen LogP contribution < -0.4 is 0 Å². The molecule has 15 heteroatoms. The van der Waals surface area contributed by atoms with Gasteiger partial charge in [-0.2, -0.15) is 0 Å². The summed E-state index contributed by atoms with van der Waals surface area (Å²) in [6.45, 7) is 2.18. The lowest BCUT2D eigenvalue weighted by molar-refractivity contribution is -0.345. The van der Waals surface area contributed by atoms with Crippen molar-refractivity contribution < 1.29 is 74.1 Å². The average Bonchev–Trinajstić information content (AvgIpc) is 2.97. The van der Waals surface area contributed by atoms with Crippen LogP contribution in [0, 0.1) is 11.8 Å². The van der Waals surface area contributed by atoms with Crippen molar-refractivity contribution in [2.75, 3.05) is 6.61 Å². The quantitative estimate of drug-likeness (QED) is 0.134. The molecule has 16 atom stereocenters. The summed E-state index contributed by atoms with van der Waals surface area (Å²) in [4.78, 5) is 11.6. The van der Waals surface area contributed by atoms with Crippen molar-refractivity contribution in [1.29, 1.82) is 0 Å². The van der Waals surface area contributed by atoms with E-state index in [4.69, 9.17) is 28.4 Å². The molecule has 15 nitrogen and oxygen atoms in total. The molecule has 3 saturated heterocycles. The van der Waals surface area contributed by atoms with Crippen molar-refractivity contribution in [3.05, 3.63) is 0 Å². The summed E-state index contributed by atoms with van der Waals surface area (Å²) in [5.74, 6) is -1.08. The molecule has 44 heavy (non-hydrogen) atoms. The van der Waals surface area contributed by atoms with E-state index in [0.717, 1.165) is 6.92 Å². The van der Waals surface area contributed by atoms with Crippen LogP contribution in [0.1, 0.15) is 58.8 Å². The third-order valence-corrected chi connectivity index (χ3v) is 9.89. The molecule has 3 aliphatic heterocycles. The summed E-state index contributed by atoms with van der Waals surface area (Å²) in [7, 11) is 0. The second kappa shape index (κ2) is 14.4. The lowest BCUT2D eigenvalue weighted by atomic mass is 9.73. The molecule has 8 N–H and O–H groups in total. The lowest BCUT2D eigenvalue weighted by Crippen LogP contribution is -2.63.